The molecule has 7 nitrogen and oxygen atoms in total. The summed E-state index contributed by atoms with van der Waals surface area (Å²) in [6.45, 7) is 3.58. The van der Waals surface area contributed by atoms with Crippen molar-refractivity contribution in [3.63, 3.8) is 0 Å². The first-order valence-corrected chi connectivity index (χ1v) is 10.4. The fourth-order valence-corrected chi connectivity index (χ4v) is 5.01. The highest BCUT2D eigenvalue weighted by Crippen LogP contribution is 2.45. The van der Waals surface area contributed by atoms with E-state index >= 15 is 0 Å². The van der Waals surface area contributed by atoms with Gasteiger partial charge in [-0.1, -0.05) is 0 Å². The molecular formula is C20H19Cl2F3N6OS. The first kappa shape index (κ1) is 25.1. The van der Waals surface area contributed by atoms with Crippen LogP contribution in [0.5, 0.6) is 5.75 Å². The van der Waals surface area contributed by atoms with E-state index in [9.17, 15) is 13.2 Å². The molecule has 4 aromatic rings. The molecule has 1 atom stereocenters. The number of hydrogen-bond acceptors (Lipinski definition) is 8. The zero-order valence-corrected chi connectivity index (χ0v) is 19.9. The molecule has 1 unspecified atom stereocenters. The van der Waals surface area contributed by atoms with Gasteiger partial charge in [0.2, 0.25) is 5.60 Å². The number of thiophene rings is 1. The van der Waals surface area contributed by atoms with Crippen LogP contribution in [-0.2, 0) is 0 Å². The van der Waals surface area contributed by atoms with Gasteiger partial charge >= 0.3 is 6.18 Å². The van der Waals surface area contributed by atoms with Crippen molar-refractivity contribution < 1.29 is 17.9 Å². The Labute approximate surface area is 203 Å². The minimum absolute atomic E-state index is 0. The highest BCUT2D eigenvalue weighted by Gasteiger charge is 2.61. The molecule has 5 rings (SSSR count). The van der Waals surface area contributed by atoms with Gasteiger partial charge in [-0.3, -0.25) is 4.98 Å². The van der Waals surface area contributed by atoms with Crippen LogP contribution in [0, 0.1) is 13.8 Å². The summed E-state index contributed by atoms with van der Waals surface area (Å²) < 4.78 is 48.7. The summed E-state index contributed by atoms with van der Waals surface area (Å²) in [5.74, 6) is 0.583. The molecule has 1 fully saturated rings. The summed E-state index contributed by atoms with van der Waals surface area (Å²) in [6.07, 6.45) is -0.578. The maximum absolute atomic E-state index is 14.2. The maximum atomic E-state index is 14.2. The standard InChI is InChI=1S/C20H17F3N6OS.2ClH/c1-11-12(2)27-28-18-14(11)15-16(31-18)17(26-10-25-15)29-8-5-19(9-29,20(21,22)23)30-13-3-6-24-7-4-13;;/h3-4,6-7,10H,5,8-9H2,1-2H3;2*1H. The summed E-state index contributed by atoms with van der Waals surface area (Å²) in [4.78, 5) is 14.9. The third-order valence-corrected chi connectivity index (χ3v) is 6.71. The maximum Gasteiger partial charge on any atom is 0.430 e. The Hall–Kier alpha value is -2.50. The van der Waals surface area contributed by atoms with Crippen molar-refractivity contribution in [1.82, 2.24) is 25.1 Å². The predicted molar refractivity (Wildman–Crippen MR) is 125 cm³/mol. The van der Waals surface area contributed by atoms with Crippen LogP contribution >= 0.6 is 36.2 Å². The number of pyridine rings is 1. The minimum atomic E-state index is -4.56. The highest BCUT2D eigenvalue weighted by molar-refractivity contribution is 7.26. The first-order valence-electron chi connectivity index (χ1n) is 9.57. The molecule has 0 aromatic carbocycles. The van der Waals surface area contributed by atoms with Crippen LogP contribution in [0.1, 0.15) is 17.7 Å². The smallest absolute Gasteiger partial charge is 0.430 e. The average Bonchev–Trinajstić information content (AvgIpc) is 3.34. The summed E-state index contributed by atoms with van der Waals surface area (Å²) in [5, 5.41) is 9.26. The first-order chi connectivity index (χ1) is 14.8. The lowest BCUT2D eigenvalue weighted by molar-refractivity contribution is -0.240. The largest absolute Gasteiger partial charge is 0.476 e. The van der Waals surface area contributed by atoms with Crippen molar-refractivity contribution in [3.8, 4) is 5.75 Å². The van der Waals surface area contributed by atoms with Gasteiger partial charge in [0.05, 0.1) is 22.5 Å². The van der Waals surface area contributed by atoms with E-state index in [0.29, 0.717) is 20.9 Å². The van der Waals surface area contributed by atoms with Crippen LogP contribution in [0.25, 0.3) is 20.4 Å². The molecule has 0 saturated carbocycles. The molecule has 176 valence electrons. The van der Waals surface area contributed by atoms with Crippen LogP contribution in [0.2, 0.25) is 0 Å². The quantitative estimate of drug-likeness (QED) is 0.374. The Balaban J connectivity index is 0.00000153. The predicted octanol–water partition coefficient (Wildman–Crippen LogP) is 5.08. The van der Waals surface area contributed by atoms with E-state index in [0.717, 1.165) is 16.6 Å². The minimum Gasteiger partial charge on any atom is -0.476 e. The SMILES string of the molecule is Cc1nnc2sc3c(N4CCC(Oc5ccncc5)(C(F)(F)F)C4)ncnc3c2c1C.Cl.Cl. The molecule has 0 aliphatic carbocycles. The number of hydrogen-bond donors (Lipinski definition) is 0. The van der Waals surface area contributed by atoms with Gasteiger partial charge in [0, 0.05) is 30.7 Å². The number of rotatable bonds is 3. The van der Waals surface area contributed by atoms with E-state index in [2.05, 4.69) is 25.1 Å². The monoisotopic (exact) mass is 518 g/mol. The molecule has 0 spiro atoms. The van der Waals surface area contributed by atoms with Crippen LogP contribution in [0.4, 0.5) is 19.0 Å². The molecular weight excluding hydrogens is 500 g/mol. The van der Waals surface area contributed by atoms with E-state index in [1.165, 1.54) is 42.2 Å². The third-order valence-electron chi connectivity index (χ3n) is 5.65. The zero-order chi connectivity index (χ0) is 21.8. The van der Waals surface area contributed by atoms with Crippen LogP contribution in [0.15, 0.2) is 30.9 Å². The van der Waals surface area contributed by atoms with Gasteiger partial charge < -0.3 is 9.64 Å². The second-order valence-corrected chi connectivity index (χ2v) is 8.52. The van der Waals surface area contributed by atoms with Gasteiger partial charge in [-0.25, -0.2) is 9.97 Å². The summed E-state index contributed by atoms with van der Waals surface area (Å²) in [7, 11) is 0. The molecule has 0 radical (unpaired) electrons. The Morgan fingerprint density at radius 2 is 1.82 bits per heavy atom. The van der Waals surface area contributed by atoms with Gasteiger partial charge in [0.1, 0.15) is 22.7 Å². The molecule has 1 aliphatic heterocycles. The fraction of sp³-hybridized carbons (Fsp3) is 0.350. The number of halogens is 5. The van der Waals surface area contributed by atoms with E-state index < -0.39 is 11.8 Å². The number of ether oxygens (including phenoxy) is 1. The van der Waals surface area contributed by atoms with Crippen LogP contribution in [-0.4, -0.2) is 50.0 Å². The molecule has 1 aliphatic rings. The van der Waals surface area contributed by atoms with Gasteiger partial charge in [0.15, 0.2) is 0 Å². The zero-order valence-electron chi connectivity index (χ0n) is 17.5. The molecule has 0 bridgehead atoms. The average molecular weight is 519 g/mol. The number of anilines is 1. The number of aromatic nitrogens is 5. The molecule has 4 aromatic heterocycles. The van der Waals surface area contributed by atoms with Crippen molar-refractivity contribution in [1.29, 1.82) is 0 Å². The lowest BCUT2D eigenvalue weighted by Gasteiger charge is -2.32. The van der Waals surface area contributed by atoms with E-state index in [1.54, 1.807) is 4.90 Å². The lowest BCUT2D eigenvalue weighted by atomic mass is 10.0. The highest BCUT2D eigenvalue weighted by atomic mass is 35.5. The molecule has 5 heterocycles. The Morgan fingerprint density at radius 1 is 1.09 bits per heavy atom. The summed E-state index contributed by atoms with van der Waals surface area (Å²) >= 11 is 1.34. The van der Waals surface area contributed by atoms with Gasteiger partial charge in [0.25, 0.3) is 0 Å². The number of nitrogens with zero attached hydrogens (tertiary/aromatic N) is 6. The molecule has 0 amide bonds. The molecule has 1 saturated heterocycles. The lowest BCUT2D eigenvalue weighted by Crippen LogP contribution is -2.52. The Kier molecular flexibility index (Phi) is 6.88. The van der Waals surface area contributed by atoms with Crippen molar-refractivity contribution in [3.05, 3.63) is 42.1 Å². The fourth-order valence-electron chi connectivity index (χ4n) is 3.86. The number of aryl methyl sites for hydroxylation is 2. The topological polar surface area (TPSA) is 76.9 Å². The van der Waals surface area contributed by atoms with Gasteiger partial charge in [-0.15, -0.1) is 41.2 Å². The number of fused-ring (bicyclic) bond motifs is 3. The van der Waals surface area contributed by atoms with Crippen molar-refractivity contribution in [2.75, 3.05) is 18.0 Å². The second-order valence-electron chi connectivity index (χ2n) is 7.52. The van der Waals surface area contributed by atoms with Crippen molar-refractivity contribution in [2.45, 2.75) is 32.0 Å². The van der Waals surface area contributed by atoms with Crippen molar-refractivity contribution in [2.24, 2.45) is 0 Å². The normalized spacial score (nSPS) is 18.3. The third kappa shape index (κ3) is 4.13. The Bertz CT molecular complexity index is 1290. The molecule has 0 N–H and O–H groups in total. The van der Waals surface area contributed by atoms with E-state index in [-0.39, 0.29) is 50.1 Å². The summed E-state index contributed by atoms with van der Waals surface area (Å²) in [6, 6.07) is 2.85. The molecule has 13 heteroatoms. The van der Waals surface area contributed by atoms with Crippen molar-refractivity contribution >= 4 is 62.4 Å². The van der Waals surface area contributed by atoms with Crippen LogP contribution in [0.3, 0.4) is 0 Å². The summed E-state index contributed by atoms with van der Waals surface area (Å²) in [5.41, 5.74) is 0.0812. The second kappa shape index (κ2) is 9.03. The Morgan fingerprint density at radius 3 is 2.52 bits per heavy atom. The van der Waals surface area contributed by atoms with E-state index in [4.69, 9.17) is 4.74 Å². The van der Waals surface area contributed by atoms with E-state index in [1.807, 2.05) is 13.8 Å². The molecule has 33 heavy (non-hydrogen) atoms. The van der Waals surface area contributed by atoms with Crippen LogP contribution < -0.4 is 9.64 Å². The van der Waals surface area contributed by atoms with Gasteiger partial charge in [-0.2, -0.15) is 18.3 Å². The number of alkyl halides is 3. The van der Waals surface area contributed by atoms with Gasteiger partial charge in [-0.05, 0) is 31.5 Å².